The number of piperidine rings is 1. The first-order chi connectivity index (χ1) is 12.2. The summed E-state index contributed by atoms with van der Waals surface area (Å²) in [6, 6.07) is 5.49. The summed E-state index contributed by atoms with van der Waals surface area (Å²) in [6.07, 6.45) is 5.52. The van der Waals surface area contributed by atoms with E-state index in [1.54, 1.807) is 19.3 Å². The Labute approximate surface area is 151 Å². The summed E-state index contributed by atoms with van der Waals surface area (Å²) in [7, 11) is 1.59. The first kappa shape index (κ1) is 17.8. The first-order valence-corrected chi connectivity index (χ1v) is 9.25. The van der Waals surface area contributed by atoms with Gasteiger partial charge < -0.3 is 9.47 Å². The molecule has 0 spiro atoms. The van der Waals surface area contributed by atoms with E-state index in [0.717, 1.165) is 37.0 Å². The van der Waals surface area contributed by atoms with Gasteiger partial charge in [0, 0.05) is 6.54 Å². The van der Waals surface area contributed by atoms with Crippen LogP contribution in [-0.2, 0) is 4.79 Å². The van der Waals surface area contributed by atoms with E-state index < -0.39 is 0 Å². The molecule has 2 amide bonds. The van der Waals surface area contributed by atoms with Crippen LogP contribution >= 0.6 is 11.8 Å². The molecule has 0 unspecified atom stereocenters. The highest BCUT2D eigenvalue weighted by Gasteiger charge is 2.25. The number of likely N-dealkylation sites (tertiary alicyclic amines) is 1. The lowest BCUT2D eigenvalue weighted by Crippen LogP contribution is -2.33. The fourth-order valence-electron chi connectivity index (χ4n) is 2.93. The van der Waals surface area contributed by atoms with E-state index in [-0.39, 0.29) is 11.1 Å². The fraction of sp³-hybridized carbons (Fsp3) is 0.444. The Kier molecular flexibility index (Phi) is 5.99. The zero-order valence-electron chi connectivity index (χ0n) is 14.2. The maximum absolute atomic E-state index is 11.6. The lowest BCUT2D eigenvalue weighted by Gasteiger charge is -2.26. The normalized spacial score (nSPS) is 20.0. The number of benzene rings is 1. The Balaban J connectivity index is 1.62. The minimum Gasteiger partial charge on any atom is -0.493 e. The van der Waals surface area contributed by atoms with Gasteiger partial charge in [0.25, 0.3) is 11.1 Å². The molecule has 2 fully saturated rings. The van der Waals surface area contributed by atoms with Gasteiger partial charge in [0.05, 0.1) is 12.0 Å². The average molecular weight is 362 g/mol. The highest BCUT2D eigenvalue weighted by molar-refractivity contribution is 8.18. The number of rotatable bonds is 6. The molecule has 6 nitrogen and oxygen atoms in total. The van der Waals surface area contributed by atoms with Crippen LogP contribution in [0.25, 0.3) is 6.08 Å². The number of nitrogens with one attached hydrogen (secondary N) is 1. The van der Waals surface area contributed by atoms with Crippen LogP contribution in [0, 0.1) is 0 Å². The van der Waals surface area contributed by atoms with Gasteiger partial charge in [-0.05, 0) is 61.5 Å². The SMILES string of the molecule is COc1cc(C=C2SC(=O)NC2=O)ccc1OCCN1CCCCC1. The summed E-state index contributed by atoms with van der Waals surface area (Å²) in [5.74, 6) is 0.930. The van der Waals surface area contributed by atoms with Crippen LogP contribution in [0.2, 0.25) is 0 Å². The molecule has 0 saturated carbocycles. The van der Waals surface area contributed by atoms with Crippen LogP contribution in [0.15, 0.2) is 23.1 Å². The van der Waals surface area contributed by atoms with E-state index in [1.165, 1.54) is 19.3 Å². The predicted octanol–water partition coefficient (Wildman–Crippen LogP) is 2.88. The van der Waals surface area contributed by atoms with Gasteiger partial charge in [-0.1, -0.05) is 12.5 Å². The fourth-order valence-corrected chi connectivity index (χ4v) is 3.62. The van der Waals surface area contributed by atoms with Crippen LogP contribution in [0.3, 0.4) is 0 Å². The molecule has 0 aromatic heterocycles. The molecule has 1 aromatic carbocycles. The van der Waals surface area contributed by atoms with Crippen LogP contribution in [-0.4, -0.2) is 49.4 Å². The number of carbonyl (C=O) groups excluding carboxylic acids is 2. The summed E-state index contributed by atoms with van der Waals surface area (Å²) in [4.78, 5) is 25.6. The molecule has 25 heavy (non-hydrogen) atoms. The number of hydrogen-bond acceptors (Lipinski definition) is 6. The van der Waals surface area contributed by atoms with Crippen LogP contribution in [0.1, 0.15) is 24.8 Å². The molecule has 1 N–H and O–H groups in total. The van der Waals surface area contributed by atoms with E-state index in [9.17, 15) is 9.59 Å². The van der Waals surface area contributed by atoms with E-state index in [4.69, 9.17) is 9.47 Å². The number of hydrogen-bond donors (Lipinski definition) is 1. The van der Waals surface area contributed by atoms with Gasteiger partial charge in [-0.25, -0.2) is 0 Å². The highest BCUT2D eigenvalue weighted by Crippen LogP contribution is 2.31. The zero-order valence-corrected chi connectivity index (χ0v) is 15.1. The van der Waals surface area contributed by atoms with Crippen molar-refractivity contribution >= 4 is 29.0 Å². The predicted molar refractivity (Wildman–Crippen MR) is 97.9 cm³/mol. The largest absolute Gasteiger partial charge is 0.493 e. The van der Waals surface area contributed by atoms with E-state index in [0.29, 0.717) is 23.0 Å². The van der Waals surface area contributed by atoms with Gasteiger partial charge in [0.1, 0.15) is 6.61 Å². The Hall–Kier alpha value is -1.99. The number of carbonyl (C=O) groups is 2. The molecule has 2 saturated heterocycles. The maximum Gasteiger partial charge on any atom is 0.290 e. The monoisotopic (exact) mass is 362 g/mol. The highest BCUT2D eigenvalue weighted by atomic mass is 32.2. The quantitative estimate of drug-likeness (QED) is 0.785. The van der Waals surface area contributed by atoms with Crippen molar-refractivity contribution in [3.63, 3.8) is 0 Å². The van der Waals surface area contributed by atoms with Gasteiger partial charge >= 0.3 is 0 Å². The second-order valence-electron chi connectivity index (χ2n) is 6.01. The Bertz CT molecular complexity index is 684. The molecule has 134 valence electrons. The van der Waals surface area contributed by atoms with Crippen molar-refractivity contribution in [2.75, 3.05) is 33.4 Å². The average Bonchev–Trinajstić information content (AvgIpc) is 2.94. The summed E-state index contributed by atoms with van der Waals surface area (Å²) in [5.41, 5.74) is 0.785. The van der Waals surface area contributed by atoms with Gasteiger partial charge in [0.2, 0.25) is 0 Å². The van der Waals surface area contributed by atoms with Gasteiger partial charge in [-0.2, -0.15) is 0 Å². The number of nitrogens with zero attached hydrogens (tertiary/aromatic N) is 1. The van der Waals surface area contributed by atoms with E-state index >= 15 is 0 Å². The van der Waals surface area contributed by atoms with Gasteiger partial charge in [-0.15, -0.1) is 0 Å². The topological polar surface area (TPSA) is 67.9 Å². The minimum atomic E-state index is -0.365. The Morgan fingerprint density at radius 3 is 2.68 bits per heavy atom. The third kappa shape index (κ3) is 4.76. The van der Waals surface area contributed by atoms with Gasteiger partial charge in [-0.3, -0.25) is 19.8 Å². The van der Waals surface area contributed by atoms with Crippen molar-refractivity contribution < 1.29 is 19.1 Å². The number of methoxy groups -OCH3 is 1. The van der Waals surface area contributed by atoms with Crippen molar-refractivity contribution in [3.8, 4) is 11.5 Å². The smallest absolute Gasteiger partial charge is 0.290 e. The lowest BCUT2D eigenvalue weighted by molar-refractivity contribution is -0.115. The van der Waals surface area contributed by atoms with Crippen molar-refractivity contribution in [2.24, 2.45) is 0 Å². The summed E-state index contributed by atoms with van der Waals surface area (Å²) in [5, 5.41) is 1.90. The van der Waals surface area contributed by atoms with Gasteiger partial charge in [0.15, 0.2) is 11.5 Å². The molecule has 2 aliphatic rings. The number of thioether (sulfide) groups is 1. The maximum atomic E-state index is 11.6. The number of imide groups is 1. The molecule has 0 bridgehead atoms. The molecule has 7 heteroatoms. The molecule has 1 aromatic rings. The zero-order chi connectivity index (χ0) is 17.6. The number of amides is 2. The third-order valence-electron chi connectivity index (χ3n) is 4.24. The molecule has 0 aliphatic carbocycles. The Morgan fingerprint density at radius 1 is 1.20 bits per heavy atom. The van der Waals surface area contributed by atoms with Crippen molar-refractivity contribution in [1.82, 2.24) is 10.2 Å². The number of ether oxygens (including phenoxy) is 2. The van der Waals surface area contributed by atoms with Crippen molar-refractivity contribution in [3.05, 3.63) is 28.7 Å². The molecule has 3 rings (SSSR count). The lowest BCUT2D eigenvalue weighted by atomic mass is 10.1. The summed E-state index contributed by atoms with van der Waals surface area (Å²) < 4.78 is 11.3. The molecule has 0 radical (unpaired) electrons. The molecule has 2 aliphatic heterocycles. The second kappa shape index (κ2) is 8.40. The minimum absolute atomic E-state index is 0.346. The van der Waals surface area contributed by atoms with E-state index in [1.807, 2.05) is 12.1 Å². The van der Waals surface area contributed by atoms with E-state index in [2.05, 4.69) is 10.2 Å². The molecule has 2 heterocycles. The Morgan fingerprint density at radius 2 is 2.00 bits per heavy atom. The third-order valence-corrected chi connectivity index (χ3v) is 5.05. The standard InChI is InChI=1S/C18H22N2O4S/c1-23-15-11-13(12-16-17(21)19-18(22)25-16)5-6-14(15)24-10-9-20-7-3-2-4-8-20/h5-6,11-12H,2-4,7-10H2,1H3,(H,19,21,22). The molecular formula is C18H22N2O4S. The summed E-state index contributed by atoms with van der Waals surface area (Å²) in [6.45, 7) is 3.81. The summed E-state index contributed by atoms with van der Waals surface area (Å²) >= 11 is 0.900. The molecular weight excluding hydrogens is 340 g/mol. The van der Waals surface area contributed by atoms with Crippen LogP contribution in [0.4, 0.5) is 4.79 Å². The van der Waals surface area contributed by atoms with Crippen molar-refractivity contribution in [2.45, 2.75) is 19.3 Å². The van der Waals surface area contributed by atoms with Crippen molar-refractivity contribution in [1.29, 1.82) is 0 Å². The van der Waals surface area contributed by atoms with Crippen LogP contribution in [0.5, 0.6) is 11.5 Å². The molecule has 0 atom stereocenters. The second-order valence-corrected chi connectivity index (χ2v) is 7.03. The first-order valence-electron chi connectivity index (χ1n) is 8.44. The van der Waals surface area contributed by atoms with Crippen LogP contribution < -0.4 is 14.8 Å².